The number of hydrogen-bond donors (Lipinski definition) is 1. The van der Waals surface area contributed by atoms with Crippen LogP contribution >= 0.6 is 0 Å². The lowest BCUT2D eigenvalue weighted by atomic mass is 10.0. The summed E-state index contributed by atoms with van der Waals surface area (Å²) in [5.41, 5.74) is 0. The first-order valence-corrected chi connectivity index (χ1v) is 15.2. The lowest BCUT2D eigenvalue weighted by molar-refractivity contribution is -0.150. The van der Waals surface area contributed by atoms with Gasteiger partial charge in [0.2, 0.25) is 0 Å². The molecule has 0 aliphatic rings. The number of nitrogens with zero attached hydrogens (tertiary/aromatic N) is 1. The number of aliphatic carboxylic acids is 1. The minimum atomic E-state index is -0.677. The van der Waals surface area contributed by atoms with Crippen molar-refractivity contribution in [2.45, 2.75) is 154 Å². The minimum Gasteiger partial charge on any atom is -0.481 e. The highest BCUT2D eigenvalue weighted by Gasteiger charge is 2.14. The van der Waals surface area contributed by atoms with Gasteiger partial charge in [-0.25, -0.2) is 0 Å². The fourth-order valence-corrected chi connectivity index (χ4v) is 4.49. The summed E-state index contributed by atoms with van der Waals surface area (Å²) in [7, 11) is 4.08. The zero-order valence-electron chi connectivity index (χ0n) is 24.1. The number of carboxylic acid groups (broad SMARTS) is 1. The maximum Gasteiger partial charge on any atom is 0.306 e. The second-order valence-electron chi connectivity index (χ2n) is 10.7. The molecular formula is C31H59NO4. The van der Waals surface area contributed by atoms with Crippen LogP contribution in [0.4, 0.5) is 0 Å². The highest BCUT2D eigenvalue weighted by molar-refractivity contribution is 5.69. The van der Waals surface area contributed by atoms with Crippen LogP contribution in [0.25, 0.3) is 0 Å². The van der Waals surface area contributed by atoms with E-state index in [-0.39, 0.29) is 12.1 Å². The molecule has 1 N–H and O–H groups in total. The Hall–Kier alpha value is -1.36. The molecule has 0 bridgehead atoms. The van der Waals surface area contributed by atoms with E-state index in [1.807, 2.05) is 14.1 Å². The van der Waals surface area contributed by atoms with Crippen molar-refractivity contribution in [3.8, 4) is 0 Å². The second kappa shape index (κ2) is 26.7. The summed E-state index contributed by atoms with van der Waals surface area (Å²) in [5, 5.41) is 8.62. The molecule has 0 aromatic carbocycles. The van der Waals surface area contributed by atoms with Crippen LogP contribution in [0.2, 0.25) is 0 Å². The third-order valence-corrected chi connectivity index (χ3v) is 6.74. The Labute approximate surface area is 223 Å². The van der Waals surface area contributed by atoms with Crippen LogP contribution in [0.1, 0.15) is 148 Å². The molecule has 0 fully saturated rings. The summed E-state index contributed by atoms with van der Waals surface area (Å²) in [4.78, 5) is 24.8. The Kier molecular flexibility index (Phi) is 25.7. The van der Waals surface area contributed by atoms with E-state index < -0.39 is 5.97 Å². The number of carbonyl (C=O) groups excluding carboxylic acids is 1. The molecule has 0 aromatic heterocycles. The van der Waals surface area contributed by atoms with Crippen LogP contribution in [0.5, 0.6) is 0 Å². The van der Waals surface area contributed by atoms with Gasteiger partial charge >= 0.3 is 11.9 Å². The number of esters is 1. The standard InChI is InChI=1S/C31H59NO4/c1-4-5-6-20-24-29(36-31(35)27-23-28-32(2)3)25-21-18-16-14-12-10-8-7-9-11-13-15-17-19-22-26-30(33)34/h7,9,29H,4-6,8,10-28H2,1-3H3,(H,33,34). The number of carboxylic acids is 1. The Morgan fingerprint density at radius 3 is 1.72 bits per heavy atom. The molecule has 0 heterocycles. The van der Waals surface area contributed by atoms with E-state index in [0.29, 0.717) is 12.8 Å². The Morgan fingerprint density at radius 2 is 1.19 bits per heavy atom. The number of allylic oxidation sites excluding steroid dienone is 2. The summed E-state index contributed by atoms with van der Waals surface area (Å²) >= 11 is 0. The predicted molar refractivity (Wildman–Crippen MR) is 152 cm³/mol. The van der Waals surface area contributed by atoms with Crippen molar-refractivity contribution in [2.24, 2.45) is 0 Å². The van der Waals surface area contributed by atoms with Crippen LogP contribution in [-0.2, 0) is 14.3 Å². The van der Waals surface area contributed by atoms with Gasteiger partial charge in [0.05, 0.1) is 0 Å². The summed E-state index contributed by atoms with van der Waals surface area (Å²) in [6, 6.07) is 0. The minimum absolute atomic E-state index is 0.0128. The normalized spacial score (nSPS) is 12.4. The molecule has 36 heavy (non-hydrogen) atoms. The molecule has 0 rings (SSSR count). The zero-order chi connectivity index (χ0) is 26.7. The Bertz CT molecular complexity index is 533. The van der Waals surface area contributed by atoms with Crippen molar-refractivity contribution in [1.82, 2.24) is 4.90 Å². The number of carbonyl (C=O) groups is 2. The molecule has 0 amide bonds. The molecule has 0 spiro atoms. The number of hydrogen-bond acceptors (Lipinski definition) is 4. The Morgan fingerprint density at radius 1 is 0.694 bits per heavy atom. The van der Waals surface area contributed by atoms with Gasteiger partial charge in [-0.2, -0.15) is 0 Å². The van der Waals surface area contributed by atoms with Crippen molar-refractivity contribution in [3.63, 3.8) is 0 Å². The van der Waals surface area contributed by atoms with Gasteiger partial charge in [-0.05, 0) is 84.8 Å². The Balaban J connectivity index is 3.74. The first-order chi connectivity index (χ1) is 17.5. The van der Waals surface area contributed by atoms with Crippen molar-refractivity contribution in [3.05, 3.63) is 12.2 Å². The molecule has 212 valence electrons. The topological polar surface area (TPSA) is 66.8 Å². The summed E-state index contributed by atoms with van der Waals surface area (Å²) in [6.45, 7) is 3.17. The quantitative estimate of drug-likeness (QED) is 0.0681. The van der Waals surface area contributed by atoms with Crippen molar-refractivity contribution in [2.75, 3.05) is 20.6 Å². The number of rotatable bonds is 27. The number of ether oxygens (including phenoxy) is 1. The van der Waals surface area contributed by atoms with Gasteiger partial charge < -0.3 is 14.7 Å². The highest BCUT2D eigenvalue weighted by Crippen LogP contribution is 2.17. The lowest BCUT2D eigenvalue weighted by Gasteiger charge is -2.18. The average molecular weight is 510 g/mol. The van der Waals surface area contributed by atoms with Crippen LogP contribution in [0.15, 0.2) is 12.2 Å². The zero-order valence-corrected chi connectivity index (χ0v) is 24.1. The molecule has 0 saturated carbocycles. The molecule has 1 unspecified atom stereocenters. The van der Waals surface area contributed by atoms with Crippen LogP contribution in [0, 0.1) is 0 Å². The fraction of sp³-hybridized carbons (Fsp3) is 0.871. The molecule has 0 radical (unpaired) electrons. The van der Waals surface area contributed by atoms with Gasteiger partial charge in [-0.1, -0.05) is 83.3 Å². The third kappa shape index (κ3) is 27.2. The van der Waals surface area contributed by atoms with Gasteiger partial charge in [0.1, 0.15) is 6.10 Å². The highest BCUT2D eigenvalue weighted by atomic mass is 16.5. The second-order valence-corrected chi connectivity index (χ2v) is 10.7. The van der Waals surface area contributed by atoms with Crippen molar-refractivity contribution in [1.29, 1.82) is 0 Å². The largest absolute Gasteiger partial charge is 0.481 e. The molecule has 0 aliphatic carbocycles. The smallest absolute Gasteiger partial charge is 0.306 e. The molecule has 0 aliphatic heterocycles. The first kappa shape index (κ1) is 34.6. The van der Waals surface area contributed by atoms with Crippen molar-refractivity contribution < 1.29 is 19.4 Å². The number of unbranched alkanes of at least 4 members (excludes halogenated alkanes) is 14. The van der Waals surface area contributed by atoms with E-state index in [9.17, 15) is 9.59 Å². The summed E-state index contributed by atoms with van der Waals surface area (Å²) in [5.74, 6) is -0.690. The van der Waals surface area contributed by atoms with E-state index in [0.717, 1.165) is 51.5 Å². The first-order valence-electron chi connectivity index (χ1n) is 15.2. The third-order valence-electron chi connectivity index (χ3n) is 6.74. The fourth-order valence-electron chi connectivity index (χ4n) is 4.49. The molecule has 0 aromatic rings. The summed E-state index contributed by atoms with van der Waals surface area (Å²) < 4.78 is 5.86. The average Bonchev–Trinajstić information content (AvgIpc) is 2.83. The van der Waals surface area contributed by atoms with E-state index in [4.69, 9.17) is 9.84 Å². The van der Waals surface area contributed by atoms with Gasteiger partial charge in [0.25, 0.3) is 0 Å². The van der Waals surface area contributed by atoms with E-state index in [1.54, 1.807) is 0 Å². The van der Waals surface area contributed by atoms with E-state index >= 15 is 0 Å². The van der Waals surface area contributed by atoms with Gasteiger partial charge in [0.15, 0.2) is 0 Å². The maximum absolute atomic E-state index is 12.3. The molecule has 0 saturated heterocycles. The van der Waals surface area contributed by atoms with Gasteiger partial charge in [-0.15, -0.1) is 0 Å². The molecule has 1 atom stereocenters. The lowest BCUT2D eigenvalue weighted by Crippen LogP contribution is -2.20. The SMILES string of the molecule is CCCCCCC(CCCCCCCCC=CCCCCCCCC(=O)O)OC(=O)CCCN(C)C. The van der Waals surface area contributed by atoms with Crippen LogP contribution < -0.4 is 0 Å². The van der Waals surface area contributed by atoms with E-state index in [2.05, 4.69) is 24.0 Å². The molecular weight excluding hydrogens is 450 g/mol. The van der Waals surface area contributed by atoms with Gasteiger partial charge in [0, 0.05) is 12.8 Å². The van der Waals surface area contributed by atoms with Crippen LogP contribution in [-0.4, -0.2) is 48.7 Å². The van der Waals surface area contributed by atoms with E-state index in [1.165, 1.54) is 83.5 Å². The molecule has 5 heteroatoms. The van der Waals surface area contributed by atoms with Crippen molar-refractivity contribution >= 4 is 11.9 Å². The predicted octanol–water partition coefficient (Wildman–Crippen LogP) is 8.70. The maximum atomic E-state index is 12.3. The van der Waals surface area contributed by atoms with Gasteiger partial charge in [-0.3, -0.25) is 9.59 Å². The monoisotopic (exact) mass is 509 g/mol. The van der Waals surface area contributed by atoms with Crippen LogP contribution in [0.3, 0.4) is 0 Å². The molecule has 5 nitrogen and oxygen atoms in total. The summed E-state index contributed by atoms with van der Waals surface area (Å²) in [6.07, 6.45) is 28.8.